The minimum absolute atomic E-state index is 0.528. The molecule has 1 atom stereocenters. The van der Waals surface area contributed by atoms with Gasteiger partial charge in [0.25, 0.3) is 0 Å². The molecule has 0 bridgehead atoms. The van der Waals surface area contributed by atoms with E-state index in [1.165, 1.54) is 36.6 Å². The number of hydrogen-bond acceptors (Lipinski definition) is 4. The summed E-state index contributed by atoms with van der Waals surface area (Å²) >= 11 is 1.78. The van der Waals surface area contributed by atoms with Crippen LogP contribution in [0.2, 0.25) is 0 Å². The molecule has 0 saturated carbocycles. The van der Waals surface area contributed by atoms with Gasteiger partial charge in [0.15, 0.2) is 0 Å². The molecule has 3 nitrogen and oxygen atoms in total. The highest BCUT2D eigenvalue weighted by Crippen LogP contribution is 2.18. The molecular formula is C14H25N3S. The zero-order chi connectivity index (χ0) is 13.0. The monoisotopic (exact) mass is 267 g/mol. The van der Waals surface area contributed by atoms with Crippen molar-refractivity contribution in [2.75, 3.05) is 13.1 Å². The predicted octanol–water partition coefficient (Wildman–Crippen LogP) is 2.87. The van der Waals surface area contributed by atoms with Crippen LogP contribution in [0.4, 0.5) is 0 Å². The summed E-state index contributed by atoms with van der Waals surface area (Å²) in [7, 11) is 0. The second kappa shape index (κ2) is 6.64. The molecule has 1 aliphatic heterocycles. The number of thiazole rings is 1. The van der Waals surface area contributed by atoms with Gasteiger partial charge >= 0.3 is 0 Å². The van der Waals surface area contributed by atoms with Crippen molar-refractivity contribution in [1.82, 2.24) is 15.2 Å². The molecule has 0 radical (unpaired) electrons. The summed E-state index contributed by atoms with van der Waals surface area (Å²) in [6.45, 7) is 11.1. The zero-order valence-electron chi connectivity index (χ0n) is 11.8. The first-order valence-corrected chi connectivity index (χ1v) is 7.90. The Bertz CT molecular complexity index is 362. The Balaban J connectivity index is 1.82. The van der Waals surface area contributed by atoms with E-state index in [4.69, 9.17) is 4.98 Å². The van der Waals surface area contributed by atoms with E-state index in [2.05, 4.69) is 36.4 Å². The molecule has 0 aromatic carbocycles. The molecule has 18 heavy (non-hydrogen) atoms. The standard InChI is InChI=1S/C14H25N3S/c1-11(2)15-7-14-16-13(10-18-14)9-17-6-4-5-12(3)8-17/h10-12,15H,4-9H2,1-3H3. The van der Waals surface area contributed by atoms with E-state index in [1.807, 2.05) is 0 Å². The first-order chi connectivity index (χ1) is 8.63. The minimum Gasteiger partial charge on any atom is -0.308 e. The molecule has 1 N–H and O–H groups in total. The predicted molar refractivity (Wildman–Crippen MR) is 77.8 cm³/mol. The maximum Gasteiger partial charge on any atom is 0.107 e. The lowest BCUT2D eigenvalue weighted by molar-refractivity contribution is 0.175. The van der Waals surface area contributed by atoms with Gasteiger partial charge in [0.1, 0.15) is 5.01 Å². The third-order valence-electron chi connectivity index (χ3n) is 3.39. The van der Waals surface area contributed by atoms with Gasteiger partial charge in [-0.3, -0.25) is 4.90 Å². The Morgan fingerprint density at radius 2 is 2.39 bits per heavy atom. The second-order valence-electron chi connectivity index (χ2n) is 5.75. The topological polar surface area (TPSA) is 28.2 Å². The van der Waals surface area contributed by atoms with Gasteiger partial charge in [-0.15, -0.1) is 11.3 Å². The fourth-order valence-electron chi connectivity index (χ4n) is 2.45. The van der Waals surface area contributed by atoms with Crippen molar-refractivity contribution in [2.24, 2.45) is 5.92 Å². The van der Waals surface area contributed by atoms with Crippen molar-refractivity contribution in [2.45, 2.75) is 52.7 Å². The SMILES string of the molecule is CC1CCCN(Cc2csc(CNC(C)C)n2)C1. The lowest BCUT2D eigenvalue weighted by Crippen LogP contribution is -2.33. The number of nitrogens with zero attached hydrogens (tertiary/aromatic N) is 2. The first-order valence-electron chi connectivity index (χ1n) is 7.02. The van der Waals surface area contributed by atoms with Crippen molar-refractivity contribution >= 4 is 11.3 Å². The molecule has 0 aliphatic carbocycles. The summed E-state index contributed by atoms with van der Waals surface area (Å²) in [6, 6.07) is 0.528. The average molecular weight is 267 g/mol. The molecular weight excluding hydrogens is 242 g/mol. The number of nitrogens with one attached hydrogen (secondary N) is 1. The van der Waals surface area contributed by atoms with Gasteiger partial charge in [0, 0.05) is 31.1 Å². The Morgan fingerprint density at radius 3 is 3.11 bits per heavy atom. The van der Waals surface area contributed by atoms with E-state index in [9.17, 15) is 0 Å². The number of rotatable bonds is 5. The summed E-state index contributed by atoms with van der Waals surface area (Å²) in [5, 5.41) is 6.85. The number of aromatic nitrogens is 1. The number of likely N-dealkylation sites (tertiary alicyclic amines) is 1. The smallest absolute Gasteiger partial charge is 0.107 e. The average Bonchev–Trinajstić information content (AvgIpc) is 2.74. The zero-order valence-corrected chi connectivity index (χ0v) is 12.6. The van der Waals surface area contributed by atoms with Crippen LogP contribution >= 0.6 is 11.3 Å². The summed E-state index contributed by atoms with van der Waals surface area (Å²) < 4.78 is 0. The number of hydrogen-bond donors (Lipinski definition) is 1. The molecule has 0 spiro atoms. The summed E-state index contributed by atoms with van der Waals surface area (Å²) in [4.78, 5) is 7.26. The molecule has 2 heterocycles. The lowest BCUT2D eigenvalue weighted by Gasteiger charge is -2.30. The maximum atomic E-state index is 4.72. The Kier molecular flexibility index (Phi) is 5.15. The van der Waals surface area contributed by atoms with Crippen molar-refractivity contribution < 1.29 is 0 Å². The third kappa shape index (κ3) is 4.34. The van der Waals surface area contributed by atoms with Crippen molar-refractivity contribution in [3.05, 3.63) is 16.1 Å². The van der Waals surface area contributed by atoms with Crippen molar-refractivity contribution in [3.8, 4) is 0 Å². The van der Waals surface area contributed by atoms with E-state index in [1.54, 1.807) is 11.3 Å². The highest BCUT2D eigenvalue weighted by Gasteiger charge is 2.17. The molecule has 1 aromatic heterocycles. The van der Waals surface area contributed by atoms with Gasteiger partial charge in [-0.2, -0.15) is 0 Å². The van der Waals surface area contributed by atoms with E-state index in [-0.39, 0.29) is 0 Å². The molecule has 1 fully saturated rings. The van der Waals surface area contributed by atoms with Crippen LogP contribution in [-0.4, -0.2) is 29.0 Å². The third-order valence-corrected chi connectivity index (χ3v) is 4.29. The fraction of sp³-hybridized carbons (Fsp3) is 0.786. The first kappa shape index (κ1) is 14.0. The van der Waals surface area contributed by atoms with Gasteiger partial charge < -0.3 is 5.32 Å². The fourth-order valence-corrected chi connectivity index (χ4v) is 3.19. The van der Waals surface area contributed by atoms with Gasteiger partial charge in [0.05, 0.1) is 5.69 Å². The highest BCUT2D eigenvalue weighted by atomic mass is 32.1. The Labute approximate surface area is 115 Å². The van der Waals surface area contributed by atoms with Crippen LogP contribution in [0, 0.1) is 5.92 Å². The van der Waals surface area contributed by atoms with Crippen molar-refractivity contribution in [3.63, 3.8) is 0 Å². The maximum absolute atomic E-state index is 4.72. The van der Waals surface area contributed by atoms with Crippen LogP contribution in [0.15, 0.2) is 5.38 Å². The highest BCUT2D eigenvalue weighted by molar-refractivity contribution is 7.09. The Hall–Kier alpha value is -0.450. The number of piperidine rings is 1. The molecule has 102 valence electrons. The Morgan fingerprint density at radius 1 is 1.56 bits per heavy atom. The molecule has 1 unspecified atom stereocenters. The minimum atomic E-state index is 0.528. The van der Waals surface area contributed by atoms with E-state index in [0.717, 1.165) is 19.0 Å². The van der Waals surface area contributed by atoms with Crippen LogP contribution < -0.4 is 5.32 Å². The quantitative estimate of drug-likeness (QED) is 0.889. The second-order valence-corrected chi connectivity index (χ2v) is 6.69. The van der Waals surface area contributed by atoms with Gasteiger partial charge in [-0.05, 0) is 25.3 Å². The van der Waals surface area contributed by atoms with E-state index < -0.39 is 0 Å². The molecule has 4 heteroatoms. The largest absolute Gasteiger partial charge is 0.308 e. The van der Waals surface area contributed by atoms with Crippen LogP contribution in [0.25, 0.3) is 0 Å². The molecule has 1 saturated heterocycles. The summed E-state index contributed by atoms with van der Waals surface area (Å²) in [5.74, 6) is 0.847. The molecule has 0 amide bonds. The van der Waals surface area contributed by atoms with Crippen LogP contribution in [0.3, 0.4) is 0 Å². The van der Waals surface area contributed by atoms with Gasteiger partial charge in [0.2, 0.25) is 0 Å². The van der Waals surface area contributed by atoms with E-state index >= 15 is 0 Å². The van der Waals surface area contributed by atoms with E-state index in [0.29, 0.717) is 6.04 Å². The van der Waals surface area contributed by atoms with Crippen LogP contribution in [0.1, 0.15) is 44.3 Å². The normalized spacial score (nSPS) is 21.7. The van der Waals surface area contributed by atoms with Crippen molar-refractivity contribution in [1.29, 1.82) is 0 Å². The van der Waals surface area contributed by atoms with Crippen LogP contribution in [-0.2, 0) is 13.1 Å². The van der Waals surface area contributed by atoms with Gasteiger partial charge in [-0.25, -0.2) is 4.98 Å². The molecule has 1 aromatic rings. The molecule has 2 rings (SSSR count). The lowest BCUT2D eigenvalue weighted by atomic mass is 10.0. The molecule has 1 aliphatic rings. The summed E-state index contributed by atoms with van der Waals surface area (Å²) in [5.41, 5.74) is 1.25. The van der Waals surface area contributed by atoms with Crippen LogP contribution in [0.5, 0.6) is 0 Å². The van der Waals surface area contributed by atoms with Gasteiger partial charge in [-0.1, -0.05) is 20.8 Å². The summed E-state index contributed by atoms with van der Waals surface area (Å²) in [6.07, 6.45) is 2.73.